The number of aryl methyl sites for hydroxylation is 1. The van der Waals surface area contributed by atoms with Crippen LogP contribution in [0.25, 0.3) is 0 Å². The number of carbonyl (C=O) groups excluding carboxylic acids is 2. The van der Waals surface area contributed by atoms with Crippen molar-refractivity contribution in [1.29, 1.82) is 0 Å². The largest absolute Gasteiger partial charge is 0.452 e. The zero-order valence-corrected chi connectivity index (χ0v) is 17.0. The molecule has 0 radical (unpaired) electrons. The molecule has 0 atom stereocenters. The smallest absolute Gasteiger partial charge is 0.340 e. The Morgan fingerprint density at radius 2 is 1.82 bits per heavy atom. The highest BCUT2D eigenvalue weighted by atomic mass is 32.2. The highest BCUT2D eigenvalue weighted by Gasteiger charge is 2.17. The van der Waals surface area contributed by atoms with Crippen LogP contribution in [0, 0.1) is 13.8 Å². The SMILES string of the molecule is CCn1c(C)cc(C(=O)OCC(=O)NCCc2ccc(S(N)(=O)=O)cc2)c1C. The van der Waals surface area contributed by atoms with Crippen molar-refractivity contribution in [3.05, 3.63) is 52.8 Å². The van der Waals surface area contributed by atoms with E-state index < -0.39 is 21.9 Å². The molecule has 0 bridgehead atoms. The second-order valence-corrected chi connectivity index (χ2v) is 7.96. The molecule has 1 aromatic heterocycles. The van der Waals surface area contributed by atoms with E-state index in [4.69, 9.17) is 9.88 Å². The number of sulfonamides is 1. The number of aromatic nitrogens is 1. The molecule has 9 heteroatoms. The summed E-state index contributed by atoms with van der Waals surface area (Å²) in [6, 6.07) is 7.86. The van der Waals surface area contributed by atoms with Crippen molar-refractivity contribution in [3.8, 4) is 0 Å². The summed E-state index contributed by atoms with van der Waals surface area (Å²) in [7, 11) is -3.72. The summed E-state index contributed by atoms with van der Waals surface area (Å²) >= 11 is 0. The normalized spacial score (nSPS) is 11.3. The lowest BCUT2D eigenvalue weighted by Crippen LogP contribution is -2.30. The molecule has 0 aliphatic heterocycles. The zero-order chi connectivity index (χ0) is 20.9. The number of amides is 1. The first-order chi connectivity index (χ1) is 13.1. The Balaban J connectivity index is 1.79. The molecule has 0 spiro atoms. The fourth-order valence-electron chi connectivity index (χ4n) is 2.95. The highest BCUT2D eigenvalue weighted by molar-refractivity contribution is 7.89. The van der Waals surface area contributed by atoms with Gasteiger partial charge >= 0.3 is 5.97 Å². The maximum Gasteiger partial charge on any atom is 0.340 e. The van der Waals surface area contributed by atoms with Gasteiger partial charge in [0.1, 0.15) is 0 Å². The van der Waals surface area contributed by atoms with Crippen LogP contribution < -0.4 is 10.5 Å². The molecule has 0 aliphatic carbocycles. The van der Waals surface area contributed by atoms with Gasteiger partial charge in [0.25, 0.3) is 5.91 Å². The first kappa shape index (κ1) is 21.6. The average molecular weight is 407 g/mol. The van der Waals surface area contributed by atoms with E-state index in [2.05, 4.69) is 5.32 Å². The Kier molecular flexibility index (Phi) is 6.98. The van der Waals surface area contributed by atoms with Crippen LogP contribution in [0.2, 0.25) is 0 Å². The molecule has 1 amide bonds. The molecular weight excluding hydrogens is 382 g/mol. The summed E-state index contributed by atoms with van der Waals surface area (Å²) in [4.78, 5) is 24.1. The third-order valence-corrected chi connectivity index (χ3v) is 5.36. The van der Waals surface area contributed by atoms with Crippen molar-refractivity contribution in [2.45, 2.75) is 38.6 Å². The van der Waals surface area contributed by atoms with Crippen molar-refractivity contribution in [1.82, 2.24) is 9.88 Å². The van der Waals surface area contributed by atoms with Crippen molar-refractivity contribution in [2.75, 3.05) is 13.2 Å². The third kappa shape index (κ3) is 5.43. The Morgan fingerprint density at radius 1 is 1.18 bits per heavy atom. The topological polar surface area (TPSA) is 120 Å². The molecule has 152 valence electrons. The zero-order valence-electron chi connectivity index (χ0n) is 16.2. The lowest BCUT2D eigenvalue weighted by molar-refractivity contribution is -0.124. The van der Waals surface area contributed by atoms with Gasteiger partial charge in [-0.3, -0.25) is 4.79 Å². The van der Waals surface area contributed by atoms with Gasteiger partial charge in [-0.05, 0) is 51.0 Å². The molecule has 3 N–H and O–H groups in total. The van der Waals surface area contributed by atoms with E-state index in [0.29, 0.717) is 18.5 Å². The third-order valence-electron chi connectivity index (χ3n) is 4.43. The maximum atomic E-state index is 12.2. The van der Waals surface area contributed by atoms with Gasteiger partial charge in [0.2, 0.25) is 10.0 Å². The number of nitrogens with zero attached hydrogens (tertiary/aromatic N) is 1. The minimum Gasteiger partial charge on any atom is -0.452 e. The lowest BCUT2D eigenvalue weighted by atomic mass is 10.1. The van der Waals surface area contributed by atoms with Crippen LogP contribution >= 0.6 is 0 Å². The summed E-state index contributed by atoms with van der Waals surface area (Å²) in [5.74, 6) is -0.930. The standard InChI is InChI=1S/C19H25N3O5S/c1-4-22-13(2)11-17(14(22)3)19(24)27-12-18(23)21-10-9-15-5-7-16(8-6-15)28(20,25)26/h5-8,11H,4,9-10,12H2,1-3H3,(H,21,23)(H2,20,25,26). The van der Waals surface area contributed by atoms with Gasteiger partial charge in [0.15, 0.2) is 6.61 Å². The molecule has 0 unspecified atom stereocenters. The monoisotopic (exact) mass is 407 g/mol. The van der Waals surface area contributed by atoms with E-state index in [1.807, 2.05) is 25.3 Å². The number of esters is 1. The van der Waals surface area contributed by atoms with E-state index in [9.17, 15) is 18.0 Å². The molecule has 1 aromatic carbocycles. The number of primary sulfonamides is 1. The predicted octanol–water partition coefficient (Wildman–Crippen LogP) is 1.29. The van der Waals surface area contributed by atoms with Crippen molar-refractivity contribution in [3.63, 3.8) is 0 Å². The Bertz CT molecular complexity index is 962. The van der Waals surface area contributed by atoms with Gasteiger partial charge < -0.3 is 14.6 Å². The lowest BCUT2D eigenvalue weighted by Gasteiger charge is -2.08. The van der Waals surface area contributed by atoms with Gasteiger partial charge in [-0.2, -0.15) is 0 Å². The molecule has 0 aliphatic rings. The van der Waals surface area contributed by atoms with E-state index >= 15 is 0 Å². The molecule has 1 heterocycles. The molecule has 2 rings (SSSR count). The summed E-state index contributed by atoms with van der Waals surface area (Å²) < 4.78 is 29.5. The number of hydrogen-bond donors (Lipinski definition) is 2. The molecule has 0 fully saturated rings. The minimum absolute atomic E-state index is 0.0367. The second-order valence-electron chi connectivity index (χ2n) is 6.39. The summed E-state index contributed by atoms with van der Waals surface area (Å²) in [6.07, 6.45) is 0.502. The van der Waals surface area contributed by atoms with E-state index in [1.54, 1.807) is 18.2 Å². The van der Waals surface area contributed by atoms with Gasteiger partial charge in [0, 0.05) is 24.5 Å². The first-order valence-corrected chi connectivity index (χ1v) is 10.4. The molecule has 2 aromatic rings. The van der Waals surface area contributed by atoms with Crippen molar-refractivity contribution >= 4 is 21.9 Å². The van der Waals surface area contributed by atoms with E-state index in [-0.39, 0.29) is 11.5 Å². The number of carbonyl (C=O) groups is 2. The Morgan fingerprint density at radius 3 is 2.36 bits per heavy atom. The van der Waals surface area contributed by atoms with Crippen LogP contribution in [0.3, 0.4) is 0 Å². The van der Waals surface area contributed by atoms with Crippen LogP contribution in [0.15, 0.2) is 35.2 Å². The van der Waals surface area contributed by atoms with Crippen molar-refractivity contribution in [2.24, 2.45) is 5.14 Å². The van der Waals surface area contributed by atoms with Gasteiger partial charge in [-0.25, -0.2) is 18.4 Å². The molecule has 28 heavy (non-hydrogen) atoms. The fraction of sp³-hybridized carbons (Fsp3) is 0.368. The summed E-state index contributed by atoms with van der Waals surface area (Å²) in [5, 5.41) is 7.71. The van der Waals surface area contributed by atoms with Crippen LogP contribution in [0.4, 0.5) is 0 Å². The number of hydrogen-bond acceptors (Lipinski definition) is 5. The number of benzene rings is 1. The van der Waals surface area contributed by atoms with Gasteiger partial charge in [-0.1, -0.05) is 12.1 Å². The van der Waals surface area contributed by atoms with Crippen molar-refractivity contribution < 1.29 is 22.7 Å². The summed E-state index contributed by atoms with van der Waals surface area (Å²) in [5.41, 5.74) is 3.08. The summed E-state index contributed by atoms with van der Waals surface area (Å²) in [6.45, 7) is 6.47. The first-order valence-electron chi connectivity index (χ1n) is 8.85. The van der Waals surface area contributed by atoms with Crippen LogP contribution in [-0.2, 0) is 32.5 Å². The maximum absolute atomic E-state index is 12.2. The van der Waals surface area contributed by atoms with E-state index in [1.165, 1.54) is 12.1 Å². The number of nitrogens with one attached hydrogen (secondary N) is 1. The number of rotatable bonds is 8. The predicted molar refractivity (Wildman–Crippen MR) is 104 cm³/mol. The average Bonchev–Trinajstić information content (AvgIpc) is 2.93. The Labute approximate surface area is 164 Å². The second kappa shape index (κ2) is 9.03. The van der Waals surface area contributed by atoms with Crippen LogP contribution in [0.5, 0.6) is 0 Å². The Hall–Kier alpha value is -2.65. The number of ether oxygens (including phenoxy) is 1. The molecule has 0 saturated carbocycles. The quantitative estimate of drug-likeness (QED) is 0.639. The fourth-order valence-corrected chi connectivity index (χ4v) is 3.46. The number of nitrogens with two attached hydrogens (primary N) is 1. The molecule has 8 nitrogen and oxygen atoms in total. The van der Waals surface area contributed by atoms with Crippen LogP contribution in [0.1, 0.15) is 34.2 Å². The van der Waals surface area contributed by atoms with Crippen LogP contribution in [-0.4, -0.2) is 38.0 Å². The van der Waals surface area contributed by atoms with Gasteiger partial charge in [0.05, 0.1) is 10.5 Å². The minimum atomic E-state index is -3.72. The van der Waals surface area contributed by atoms with Gasteiger partial charge in [-0.15, -0.1) is 0 Å². The van der Waals surface area contributed by atoms with E-state index in [0.717, 1.165) is 23.5 Å². The highest BCUT2D eigenvalue weighted by Crippen LogP contribution is 2.16. The molecular formula is C19H25N3O5S. The molecule has 0 saturated heterocycles.